The Morgan fingerprint density at radius 2 is 1.56 bits per heavy atom. The Kier molecular flexibility index (Phi) is 21.0. The predicted molar refractivity (Wildman–Crippen MR) is 223 cm³/mol. The highest BCUT2D eigenvalue weighted by Crippen LogP contribution is 2.20. The van der Waals surface area contributed by atoms with E-state index in [2.05, 4.69) is 127 Å². The number of aromatic nitrogens is 1. The lowest BCUT2D eigenvalue weighted by atomic mass is 10.00. The molecule has 6 nitrogen and oxygen atoms in total. The van der Waals surface area contributed by atoms with Gasteiger partial charge in [-0.2, -0.15) is 0 Å². The summed E-state index contributed by atoms with van der Waals surface area (Å²) in [7, 11) is 0. The van der Waals surface area contributed by atoms with Gasteiger partial charge in [-0.05, 0) is 68.4 Å². The zero-order chi connectivity index (χ0) is 38.0. The minimum absolute atomic E-state index is 0.190. The molecule has 52 heavy (non-hydrogen) atoms. The number of unbranched alkanes of at least 4 members (excludes halogenated alkanes) is 1. The number of para-hydroxylation sites is 1. The summed E-state index contributed by atoms with van der Waals surface area (Å²) in [4.78, 5) is 18.4. The van der Waals surface area contributed by atoms with Gasteiger partial charge in [0.2, 0.25) is 0 Å². The third kappa shape index (κ3) is 16.1. The standard InChI is InChI=1S/C30H37N5O.C7H8.C7H12.C2H2/c1-22(24(3)35-17-15-31-16-18-35)19-27(20-25-9-5-4-6-10-25)23(2)34-30(36)32-14-13-26-21-33-29-12-8-7-11-28(26)29;1-7-5-3-2-4-6-7;1-3-5-7-6-4-2;1-2/h4-12,19,21,31,33H,3,13-18,20H2,1-2H3,(H2,32,34,36);2-6H,1H3;3-5H2,1-2H3;1-2H/b22-19+,27-23-;;;. The number of carbonyl (C=O) groups is 1. The average Bonchev–Trinajstić information content (AvgIpc) is 3.59. The Morgan fingerprint density at radius 3 is 2.17 bits per heavy atom. The van der Waals surface area contributed by atoms with Crippen LogP contribution in [-0.4, -0.2) is 48.6 Å². The van der Waals surface area contributed by atoms with Gasteiger partial charge >= 0.3 is 6.03 Å². The number of allylic oxidation sites excluding steroid dienone is 4. The third-order valence-corrected chi connectivity index (χ3v) is 8.34. The molecule has 0 spiro atoms. The number of nitrogens with one attached hydrogen (secondary N) is 4. The Morgan fingerprint density at radius 1 is 0.923 bits per heavy atom. The molecular weight excluding hydrogens is 639 g/mol. The number of amides is 2. The number of H-pyrrole nitrogens is 1. The first kappa shape index (κ1) is 42.7. The summed E-state index contributed by atoms with van der Waals surface area (Å²) in [5.74, 6) is 6.03. The quantitative estimate of drug-likeness (QED) is 0.0986. The normalized spacial score (nSPS) is 12.5. The Balaban J connectivity index is 0.000000485. The van der Waals surface area contributed by atoms with E-state index in [0.29, 0.717) is 6.54 Å². The third-order valence-electron chi connectivity index (χ3n) is 8.34. The summed E-state index contributed by atoms with van der Waals surface area (Å²) >= 11 is 0. The van der Waals surface area contributed by atoms with E-state index in [0.717, 1.165) is 79.9 Å². The molecule has 0 aliphatic carbocycles. The van der Waals surface area contributed by atoms with Gasteiger partial charge in [0.15, 0.2) is 0 Å². The van der Waals surface area contributed by atoms with Crippen LogP contribution < -0.4 is 16.0 Å². The molecule has 0 atom stereocenters. The van der Waals surface area contributed by atoms with Gasteiger partial charge in [-0.15, -0.1) is 24.7 Å². The smallest absolute Gasteiger partial charge is 0.318 e. The van der Waals surface area contributed by atoms with Crippen molar-refractivity contribution < 1.29 is 4.79 Å². The monoisotopic (exact) mass is 697 g/mol. The number of aromatic amines is 1. The molecule has 0 unspecified atom stereocenters. The number of aryl methyl sites for hydroxylation is 1. The molecule has 0 saturated carbocycles. The SMILES string of the molecule is C#C.C=C(/C(C)=C/C(Cc1ccccc1)=C(\C)NC(=O)NCCc1c[nH]c2ccccc12)N1CCNCC1.CCC#CCCC.Cc1ccccc1. The number of piperazine rings is 1. The van der Waals surface area contributed by atoms with E-state index in [4.69, 9.17) is 0 Å². The average molecular weight is 698 g/mol. The summed E-state index contributed by atoms with van der Waals surface area (Å²) in [6, 6.07) is 28.6. The van der Waals surface area contributed by atoms with E-state index >= 15 is 0 Å². The Labute approximate surface area is 313 Å². The molecule has 1 saturated heterocycles. The molecule has 1 fully saturated rings. The van der Waals surface area contributed by atoms with Crippen LogP contribution in [0.15, 0.2) is 126 Å². The maximum absolute atomic E-state index is 12.8. The van der Waals surface area contributed by atoms with Crippen molar-refractivity contribution in [3.63, 3.8) is 0 Å². The molecule has 274 valence electrons. The first-order chi connectivity index (χ1) is 25.3. The molecule has 0 bridgehead atoms. The van der Waals surface area contributed by atoms with Crippen LogP contribution in [-0.2, 0) is 12.8 Å². The van der Waals surface area contributed by atoms with E-state index in [1.54, 1.807) is 0 Å². The van der Waals surface area contributed by atoms with Crippen molar-refractivity contribution in [3.8, 4) is 24.7 Å². The van der Waals surface area contributed by atoms with Gasteiger partial charge in [0.25, 0.3) is 0 Å². The lowest BCUT2D eigenvalue weighted by molar-refractivity contribution is 0.243. The number of nitrogens with zero attached hydrogens (tertiary/aromatic N) is 1. The molecule has 5 rings (SSSR count). The lowest BCUT2D eigenvalue weighted by Crippen LogP contribution is -2.42. The molecule has 6 heteroatoms. The van der Waals surface area contributed by atoms with Crippen LogP contribution in [0.2, 0.25) is 0 Å². The second-order valence-electron chi connectivity index (χ2n) is 12.4. The highest BCUT2D eigenvalue weighted by molar-refractivity contribution is 5.83. The van der Waals surface area contributed by atoms with Crippen molar-refractivity contribution in [2.45, 2.75) is 66.7 Å². The fraction of sp³-hybridized carbons (Fsp3) is 0.326. The molecule has 2 amide bonds. The number of benzene rings is 3. The number of fused-ring (bicyclic) bond motifs is 1. The minimum Gasteiger partial charge on any atom is -0.369 e. The number of rotatable bonds is 10. The molecule has 3 aromatic carbocycles. The summed E-state index contributed by atoms with van der Waals surface area (Å²) in [5.41, 5.74) is 8.91. The van der Waals surface area contributed by atoms with Gasteiger partial charge in [-0.25, -0.2) is 4.79 Å². The largest absolute Gasteiger partial charge is 0.369 e. The Hall–Kier alpha value is -5.43. The van der Waals surface area contributed by atoms with E-state index in [1.165, 1.54) is 28.5 Å². The van der Waals surface area contributed by atoms with E-state index < -0.39 is 0 Å². The first-order valence-electron chi connectivity index (χ1n) is 18.3. The number of carbonyl (C=O) groups excluding carboxylic acids is 1. The van der Waals surface area contributed by atoms with Crippen LogP contribution in [0, 0.1) is 31.6 Å². The van der Waals surface area contributed by atoms with Gasteiger partial charge in [0, 0.05) is 74.1 Å². The fourth-order valence-corrected chi connectivity index (χ4v) is 5.45. The topological polar surface area (TPSA) is 72.2 Å². The van der Waals surface area contributed by atoms with Gasteiger partial charge in [-0.3, -0.25) is 0 Å². The highest BCUT2D eigenvalue weighted by Gasteiger charge is 2.14. The van der Waals surface area contributed by atoms with Crippen molar-refractivity contribution in [2.24, 2.45) is 0 Å². The summed E-state index contributed by atoms with van der Waals surface area (Å²) in [6.07, 6.45) is 16.9. The van der Waals surface area contributed by atoms with Crippen molar-refractivity contribution in [1.29, 1.82) is 0 Å². The first-order valence-corrected chi connectivity index (χ1v) is 18.3. The molecule has 4 N–H and O–H groups in total. The number of terminal acetylenes is 1. The van der Waals surface area contributed by atoms with Gasteiger partial charge in [-0.1, -0.05) is 111 Å². The number of hydrogen-bond donors (Lipinski definition) is 4. The van der Waals surface area contributed by atoms with Crippen LogP contribution in [0.4, 0.5) is 4.79 Å². The molecule has 2 heterocycles. The van der Waals surface area contributed by atoms with E-state index in [1.807, 2.05) is 61.7 Å². The van der Waals surface area contributed by atoms with Gasteiger partial charge in [0.1, 0.15) is 0 Å². The molecule has 1 aliphatic heterocycles. The maximum atomic E-state index is 12.8. The molecule has 1 aromatic heterocycles. The van der Waals surface area contributed by atoms with E-state index in [-0.39, 0.29) is 6.03 Å². The molecule has 1 aliphatic rings. The summed E-state index contributed by atoms with van der Waals surface area (Å²) < 4.78 is 0. The second kappa shape index (κ2) is 25.5. The fourth-order valence-electron chi connectivity index (χ4n) is 5.45. The lowest BCUT2D eigenvalue weighted by Gasteiger charge is -2.31. The van der Waals surface area contributed by atoms with Crippen molar-refractivity contribution in [2.75, 3.05) is 32.7 Å². The Bertz CT molecular complexity index is 1760. The predicted octanol–water partition coefficient (Wildman–Crippen LogP) is 9.34. The van der Waals surface area contributed by atoms with Gasteiger partial charge < -0.3 is 25.8 Å². The van der Waals surface area contributed by atoms with Crippen LogP contribution in [0.3, 0.4) is 0 Å². The zero-order valence-corrected chi connectivity index (χ0v) is 32.0. The van der Waals surface area contributed by atoms with Crippen molar-refractivity contribution >= 4 is 16.9 Å². The minimum atomic E-state index is -0.190. The summed E-state index contributed by atoms with van der Waals surface area (Å²) in [6.45, 7) is 19.1. The highest BCUT2D eigenvalue weighted by atomic mass is 16.2. The van der Waals surface area contributed by atoms with Crippen molar-refractivity contribution in [3.05, 3.63) is 143 Å². The second-order valence-corrected chi connectivity index (χ2v) is 12.4. The molecule has 0 radical (unpaired) electrons. The van der Waals surface area contributed by atoms with Crippen LogP contribution in [0.5, 0.6) is 0 Å². The maximum Gasteiger partial charge on any atom is 0.318 e. The number of hydrogen-bond acceptors (Lipinski definition) is 3. The van der Waals surface area contributed by atoms with Crippen LogP contribution >= 0.6 is 0 Å². The molecule has 4 aromatic rings. The van der Waals surface area contributed by atoms with Crippen LogP contribution in [0.25, 0.3) is 10.9 Å². The van der Waals surface area contributed by atoms with Gasteiger partial charge in [0.05, 0.1) is 0 Å². The van der Waals surface area contributed by atoms with Crippen LogP contribution in [0.1, 0.15) is 63.6 Å². The zero-order valence-electron chi connectivity index (χ0n) is 32.0. The number of urea groups is 1. The molecular formula is C46H59N5O. The summed E-state index contributed by atoms with van der Waals surface area (Å²) in [5, 5.41) is 10.7. The van der Waals surface area contributed by atoms with Crippen molar-refractivity contribution in [1.82, 2.24) is 25.8 Å². The van der Waals surface area contributed by atoms with E-state index in [9.17, 15) is 4.79 Å².